The van der Waals surface area contributed by atoms with E-state index in [1.807, 2.05) is 12.4 Å². The number of hydrogen-bond acceptors (Lipinski definition) is 3. The number of nitrogens with two attached hydrogens (primary N) is 1. The van der Waals surface area contributed by atoms with E-state index in [1.54, 1.807) is 0 Å². The van der Waals surface area contributed by atoms with Crippen molar-refractivity contribution in [2.45, 2.75) is 31.2 Å². The minimum Gasteiger partial charge on any atom is -0.379 e. The van der Waals surface area contributed by atoms with Crippen molar-refractivity contribution >= 4 is 0 Å². The SMILES string of the molecule is CC(N)CCC1(c2ccncc2)COC1. The Morgan fingerprint density at radius 3 is 2.60 bits per heavy atom. The number of aromatic nitrogens is 1. The Bertz CT molecular complexity index is 307. The molecular formula is C12H18N2O. The first kappa shape index (κ1) is 10.6. The Kier molecular flexibility index (Phi) is 3.03. The van der Waals surface area contributed by atoms with Gasteiger partial charge in [-0.05, 0) is 37.5 Å². The highest BCUT2D eigenvalue weighted by Gasteiger charge is 2.39. The van der Waals surface area contributed by atoms with E-state index in [4.69, 9.17) is 10.5 Å². The second-order valence-corrected chi connectivity index (χ2v) is 4.52. The van der Waals surface area contributed by atoms with Gasteiger partial charge in [0.05, 0.1) is 13.2 Å². The highest BCUT2D eigenvalue weighted by molar-refractivity contribution is 5.25. The Labute approximate surface area is 90.7 Å². The second-order valence-electron chi connectivity index (χ2n) is 4.52. The van der Waals surface area contributed by atoms with Gasteiger partial charge in [0.15, 0.2) is 0 Å². The summed E-state index contributed by atoms with van der Waals surface area (Å²) in [5, 5.41) is 0. The number of hydrogen-bond donors (Lipinski definition) is 1. The first-order chi connectivity index (χ1) is 7.23. The van der Waals surface area contributed by atoms with Crippen molar-refractivity contribution in [3.63, 3.8) is 0 Å². The summed E-state index contributed by atoms with van der Waals surface area (Å²) >= 11 is 0. The average Bonchev–Trinajstić information content (AvgIpc) is 2.17. The lowest BCUT2D eigenvalue weighted by Crippen LogP contribution is -2.47. The van der Waals surface area contributed by atoms with Gasteiger partial charge < -0.3 is 10.5 Å². The summed E-state index contributed by atoms with van der Waals surface area (Å²) in [6, 6.07) is 4.44. The normalized spacial score (nSPS) is 20.7. The molecule has 2 N–H and O–H groups in total. The molecule has 0 amide bonds. The molecule has 0 bridgehead atoms. The van der Waals surface area contributed by atoms with E-state index >= 15 is 0 Å². The summed E-state index contributed by atoms with van der Waals surface area (Å²) in [6.45, 7) is 3.70. The fourth-order valence-corrected chi connectivity index (χ4v) is 2.01. The second kappa shape index (κ2) is 4.29. The lowest BCUT2D eigenvalue weighted by atomic mass is 9.75. The van der Waals surface area contributed by atoms with Crippen molar-refractivity contribution < 1.29 is 4.74 Å². The van der Waals surface area contributed by atoms with E-state index in [0.29, 0.717) is 0 Å². The zero-order valence-corrected chi connectivity index (χ0v) is 9.15. The van der Waals surface area contributed by atoms with Crippen molar-refractivity contribution in [2.75, 3.05) is 13.2 Å². The molecule has 0 saturated carbocycles. The van der Waals surface area contributed by atoms with Gasteiger partial charge in [-0.1, -0.05) is 0 Å². The maximum atomic E-state index is 5.80. The molecule has 0 aromatic carbocycles. The zero-order chi connectivity index (χ0) is 10.7. The summed E-state index contributed by atoms with van der Waals surface area (Å²) in [7, 11) is 0. The highest BCUT2D eigenvalue weighted by atomic mass is 16.5. The Morgan fingerprint density at radius 1 is 1.47 bits per heavy atom. The van der Waals surface area contributed by atoms with Gasteiger partial charge in [-0.15, -0.1) is 0 Å². The molecule has 1 aliphatic heterocycles. The lowest BCUT2D eigenvalue weighted by Gasteiger charge is -2.42. The van der Waals surface area contributed by atoms with Gasteiger partial charge in [-0.3, -0.25) is 4.98 Å². The molecule has 1 aromatic heterocycles. The van der Waals surface area contributed by atoms with Crippen molar-refractivity contribution in [3.05, 3.63) is 30.1 Å². The van der Waals surface area contributed by atoms with Crippen LogP contribution >= 0.6 is 0 Å². The van der Waals surface area contributed by atoms with Crippen LogP contribution in [-0.2, 0) is 10.2 Å². The number of nitrogens with zero attached hydrogens (tertiary/aromatic N) is 1. The van der Waals surface area contributed by atoms with E-state index < -0.39 is 0 Å². The summed E-state index contributed by atoms with van der Waals surface area (Å²) in [5.74, 6) is 0. The smallest absolute Gasteiger partial charge is 0.0585 e. The molecule has 0 aliphatic carbocycles. The van der Waals surface area contributed by atoms with Gasteiger partial charge in [-0.25, -0.2) is 0 Å². The van der Waals surface area contributed by atoms with E-state index in [-0.39, 0.29) is 11.5 Å². The van der Waals surface area contributed by atoms with Crippen LogP contribution in [0.15, 0.2) is 24.5 Å². The van der Waals surface area contributed by atoms with Crippen molar-refractivity contribution in [1.82, 2.24) is 4.98 Å². The van der Waals surface area contributed by atoms with Crippen LogP contribution in [0.2, 0.25) is 0 Å². The van der Waals surface area contributed by atoms with Gasteiger partial charge >= 0.3 is 0 Å². The molecule has 3 nitrogen and oxygen atoms in total. The third-order valence-electron chi connectivity index (χ3n) is 3.13. The minimum atomic E-state index is 0.205. The molecule has 2 rings (SSSR count). The molecule has 3 heteroatoms. The molecule has 1 aromatic rings. The van der Waals surface area contributed by atoms with Crippen LogP contribution in [0.5, 0.6) is 0 Å². The van der Waals surface area contributed by atoms with Gasteiger partial charge in [0, 0.05) is 23.9 Å². The number of rotatable bonds is 4. The third-order valence-corrected chi connectivity index (χ3v) is 3.13. The van der Waals surface area contributed by atoms with Gasteiger partial charge in [0.2, 0.25) is 0 Å². The topological polar surface area (TPSA) is 48.1 Å². The molecule has 0 radical (unpaired) electrons. The molecule has 82 valence electrons. The molecule has 2 heterocycles. The molecule has 1 atom stereocenters. The van der Waals surface area contributed by atoms with Crippen LogP contribution < -0.4 is 5.73 Å². The molecule has 1 unspecified atom stereocenters. The molecule has 1 fully saturated rings. The predicted octanol–water partition coefficient (Wildman–Crippen LogP) is 1.48. The summed E-state index contributed by atoms with van der Waals surface area (Å²) in [6.07, 6.45) is 5.85. The molecule has 0 spiro atoms. The maximum Gasteiger partial charge on any atom is 0.0585 e. The van der Waals surface area contributed by atoms with Crippen LogP contribution in [0.4, 0.5) is 0 Å². The largest absolute Gasteiger partial charge is 0.379 e. The number of pyridine rings is 1. The summed E-state index contributed by atoms with van der Waals surface area (Å²) in [4.78, 5) is 4.05. The molecule has 1 saturated heterocycles. The zero-order valence-electron chi connectivity index (χ0n) is 9.15. The van der Waals surface area contributed by atoms with Gasteiger partial charge in [0.25, 0.3) is 0 Å². The lowest BCUT2D eigenvalue weighted by molar-refractivity contribution is -0.0657. The van der Waals surface area contributed by atoms with Crippen LogP contribution in [0.1, 0.15) is 25.3 Å². The minimum absolute atomic E-state index is 0.205. The van der Waals surface area contributed by atoms with E-state index in [9.17, 15) is 0 Å². The van der Waals surface area contributed by atoms with Crippen LogP contribution in [0.3, 0.4) is 0 Å². The van der Waals surface area contributed by atoms with Crippen molar-refractivity contribution in [2.24, 2.45) is 5.73 Å². The average molecular weight is 206 g/mol. The first-order valence-electron chi connectivity index (χ1n) is 5.47. The predicted molar refractivity (Wildman–Crippen MR) is 59.6 cm³/mol. The van der Waals surface area contributed by atoms with Gasteiger partial charge in [-0.2, -0.15) is 0 Å². The van der Waals surface area contributed by atoms with E-state index in [1.165, 1.54) is 5.56 Å². The maximum absolute atomic E-state index is 5.80. The van der Waals surface area contributed by atoms with Crippen LogP contribution in [-0.4, -0.2) is 24.2 Å². The Balaban J connectivity index is 2.08. The van der Waals surface area contributed by atoms with Gasteiger partial charge in [0.1, 0.15) is 0 Å². The first-order valence-corrected chi connectivity index (χ1v) is 5.47. The van der Waals surface area contributed by atoms with Crippen LogP contribution in [0.25, 0.3) is 0 Å². The van der Waals surface area contributed by atoms with Crippen LogP contribution in [0, 0.1) is 0 Å². The molecule has 1 aliphatic rings. The monoisotopic (exact) mass is 206 g/mol. The van der Waals surface area contributed by atoms with Crippen molar-refractivity contribution in [1.29, 1.82) is 0 Å². The van der Waals surface area contributed by atoms with E-state index in [0.717, 1.165) is 26.1 Å². The summed E-state index contributed by atoms with van der Waals surface area (Å²) in [5.41, 5.74) is 7.35. The standard InChI is InChI=1S/C12H18N2O/c1-10(13)2-5-12(8-15-9-12)11-3-6-14-7-4-11/h3-4,6-7,10H,2,5,8-9,13H2,1H3. The molecule has 15 heavy (non-hydrogen) atoms. The summed E-state index contributed by atoms with van der Waals surface area (Å²) < 4.78 is 5.36. The Hall–Kier alpha value is -0.930. The number of ether oxygens (including phenoxy) is 1. The fraction of sp³-hybridized carbons (Fsp3) is 0.583. The Morgan fingerprint density at radius 2 is 2.13 bits per heavy atom. The fourth-order valence-electron chi connectivity index (χ4n) is 2.01. The quantitative estimate of drug-likeness (QED) is 0.811. The highest BCUT2D eigenvalue weighted by Crippen LogP contribution is 2.36. The molecular weight excluding hydrogens is 188 g/mol. The van der Waals surface area contributed by atoms with E-state index in [2.05, 4.69) is 24.0 Å². The third kappa shape index (κ3) is 2.19. The van der Waals surface area contributed by atoms with Crippen molar-refractivity contribution in [3.8, 4) is 0 Å².